The Morgan fingerprint density at radius 3 is 2.65 bits per heavy atom. The number of thiazole rings is 1. The molecule has 0 spiro atoms. The van der Waals surface area contributed by atoms with Gasteiger partial charge in [0.15, 0.2) is 5.13 Å². The maximum absolute atomic E-state index is 13.0. The molecule has 0 saturated carbocycles. The Morgan fingerprint density at radius 1 is 1.02 bits per heavy atom. The van der Waals surface area contributed by atoms with Gasteiger partial charge in [-0.3, -0.25) is 9.71 Å². The van der Waals surface area contributed by atoms with Crippen LogP contribution in [-0.4, -0.2) is 42.7 Å². The highest BCUT2D eigenvalue weighted by Crippen LogP contribution is 2.33. The minimum Gasteiger partial charge on any atom is -0.489 e. The monoisotopic (exact) mass is 572 g/mol. The van der Waals surface area contributed by atoms with Gasteiger partial charge in [-0.25, -0.2) is 13.4 Å². The van der Waals surface area contributed by atoms with Crippen LogP contribution in [0.4, 0.5) is 5.13 Å². The molecule has 2 aromatic heterocycles. The van der Waals surface area contributed by atoms with Gasteiger partial charge in [0.25, 0.3) is 10.0 Å². The van der Waals surface area contributed by atoms with Crippen molar-refractivity contribution in [2.24, 2.45) is 0 Å². The van der Waals surface area contributed by atoms with E-state index < -0.39 is 16.1 Å². The zero-order valence-electron chi connectivity index (χ0n) is 21.5. The van der Waals surface area contributed by atoms with E-state index in [2.05, 4.69) is 26.1 Å². The number of sulfonamides is 1. The maximum atomic E-state index is 13.0. The Morgan fingerprint density at radius 2 is 1.85 bits per heavy atom. The Balaban J connectivity index is 1.07. The lowest BCUT2D eigenvalue weighted by Gasteiger charge is -2.27. The molecule has 6 rings (SSSR count). The third-order valence-corrected chi connectivity index (χ3v) is 9.32. The number of nitrogens with one attached hydrogen (secondary N) is 2. The molecule has 1 aliphatic rings. The fraction of sp³-hybridized carbons (Fsp3) is 0.200. The minimum absolute atomic E-state index is 0.0202. The summed E-state index contributed by atoms with van der Waals surface area (Å²) in [5.74, 6) is 0.855. The first-order valence-corrected chi connectivity index (χ1v) is 15.3. The highest BCUT2D eigenvalue weighted by molar-refractivity contribution is 7.93. The van der Waals surface area contributed by atoms with Crippen molar-refractivity contribution < 1.29 is 18.3 Å². The van der Waals surface area contributed by atoms with Crippen molar-refractivity contribution in [3.8, 4) is 16.9 Å². The van der Waals surface area contributed by atoms with Crippen molar-refractivity contribution in [2.45, 2.75) is 29.9 Å². The number of hydrogen-bond acceptors (Lipinski definition) is 8. The number of rotatable bonds is 9. The summed E-state index contributed by atoms with van der Waals surface area (Å²) in [6, 6.07) is 24.1. The molecule has 3 heterocycles. The molecule has 0 fully saturated rings. The second-order valence-corrected chi connectivity index (χ2v) is 12.4. The van der Waals surface area contributed by atoms with Crippen LogP contribution in [0.25, 0.3) is 21.3 Å². The molecule has 0 amide bonds. The van der Waals surface area contributed by atoms with Crippen LogP contribution in [0.5, 0.6) is 5.75 Å². The third-order valence-electron chi connectivity index (χ3n) is 6.88. The van der Waals surface area contributed by atoms with E-state index >= 15 is 0 Å². The van der Waals surface area contributed by atoms with Gasteiger partial charge in [-0.2, -0.15) is 0 Å². The van der Waals surface area contributed by atoms with E-state index in [0.717, 1.165) is 51.1 Å². The predicted octanol–water partition coefficient (Wildman–Crippen LogP) is 5.18. The molecule has 8 nitrogen and oxygen atoms in total. The number of fused-ring (bicyclic) bond motifs is 2. The number of para-hydroxylation sites is 1. The van der Waals surface area contributed by atoms with Crippen molar-refractivity contribution in [2.75, 3.05) is 17.8 Å². The molecular formula is C30H28N4O4S2. The summed E-state index contributed by atoms with van der Waals surface area (Å²) in [6.07, 6.45) is 4.50. The summed E-state index contributed by atoms with van der Waals surface area (Å²) in [5, 5.41) is 14.0. The van der Waals surface area contributed by atoms with E-state index in [-0.39, 0.29) is 11.0 Å². The van der Waals surface area contributed by atoms with E-state index in [0.29, 0.717) is 18.2 Å². The molecule has 3 N–H and O–H groups in total. The van der Waals surface area contributed by atoms with Crippen LogP contribution in [0.2, 0.25) is 0 Å². The Hall–Kier alpha value is -3.83. The van der Waals surface area contributed by atoms with Gasteiger partial charge in [0, 0.05) is 31.0 Å². The number of aliphatic hydroxyl groups is 1. The van der Waals surface area contributed by atoms with Gasteiger partial charge in [0.2, 0.25) is 0 Å². The molecule has 204 valence electrons. The molecule has 40 heavy (non-hydrogen) atoms. The number of nitrogens with zero attached hydrogens (tertiary/aromatic N) is 2. The van der Waals surface area contributed by atoms with Crippen molar-refractivity contribution in [3.63, 3.8) is 0 Å². The number of pyridine rings is 1. The van der Waals surface area contributed by atoms with E-state index in [4.69, 9.17) is 4.74 Å². The molecule has 0 unspecified atom stereocenters. The first-order valence-electron chi connectivity index (χ1n) is 13.0. The van der Waals surface area contributed by atoms with E-state index in [1.54, 1.807) is 24.5 Å². The average Bonchev–Trinajstić information content (AvgIpc) is 3.39. The van der Waals surface area contributed by atoms with Gasteiger partial charge in [-0.1, -0.05) is 47.7 Å². The Bertz CT molecular complexity index is 1690. The number of aromatic nitrogens is 2. The van der Waals surface area contributed by atoms with Crippen molar-refractivity contribution in [1.82, 2.24) is 15.3 Å². The van der Waals surface area contributed by atoms with Crippen LogP contribution < -0.4 is 14.8 Å². The first-order chi connectivity index (χ1) is 19.4. The molecule has 10 heteroatoms. The van der Waals surface area contributed by atoms with Crippen LogP contribution in [0.15, 0.2) is 96.2 Å². The lowest BCUT2D eigenvalue weighted by Crippen LogP contribution is -2.36. The van der Waals surface area contributed by atoms with E-state index in [1.807, 2.05) is 60.7 Å². The SMILES string of the molecule is O=S(=O)(Nc1nc2ccccc2s1)c1ccc(-c2ccc3c(c2)CC[C@H](CNC[C@H](O)c2cccnc2)O3)cc1. The van der Waals surface area contributed by atoms with E-state index in [1.165, 1.54) is 11.3 Å². The predicted molar refractivity (Wildman–Crippen MR) is 157 cm³/mol. The molecule has 2 atom stereocenters. The van der Waals surface area contributed by atoms with Gasteiger partial charge in [0.1, 0.15) is 11.9 Å². The van der Waals surface area contributed by atoms with Gasteiger partial charge in [0.05, 0.1) is 21.2 Å². The summed E-state index contributed by atoms with van der Waals surface area (Å²) in [6.45, 7) is 1.07. The highest BCUT2D eigenvalue weighted by atomic mass is 32.2. The number of benzene rings is 3. The fourth-order valence-electron chi connectivity index (χ4n) is 4.76. The molecule has 0 bridgehead atoms. The standard InChI is InChI=1S/C30H28N4O4S2/c35-27(23-4-3-15-31-17-23)19-32-18-24-11-7-22-16-21(10-14-28(22)38-24)20-8-12-25(13-9-20)40(36,37)34-30-33-26-5-1-2-6-29(26)39-30/h1-6,8-10,12-17,24,27,32,35H,7,11,18-19H2,(H,33,34)/t24-,27+/m1/s1. The molecule has 0 radical (unpaired) electrons. The number of ether oxygens (including phenoxy) is 1. The average molecular weight is 573 g/mol. The number of anilines is 1. The Labute approximate surface area is 236 Å². The van der Waals surface area contributed by atoms with Crippen molar-refractivity contribution in [3.05, 3.63) is 102 Å². The van der Waals surface area contributed by atoms with Gasteiger partial charge in [-0.15, -0.1) is 0 Å². The minimum atomic E-state index is -3.76. The molecule has 0 saturated heterocycles. The molecule has 5 aromatic rings. The summed E-state index contributed by atoms with van der Waals surface area (Å²) in [5.41, 5.74) is 4.60. The first kappa shape index (κ1) is 26.4. The van der Waals surface area contributed by atoms with Crippen LogP contribution >= 0.6 is 11.3 Å². The molecule has 1 aliphatic heterocycles. The highest BCUT2D eigenvalue weighted by Gasteiger charge is 2.21. The van der Waals surface area contributed by atoms with Crippen molar-refractivity contribution in [1.29, 1.82) is 0 Å². The second kappa shape index (κ2) is 11.3. The normalized spacial score (nSPS) is 15.8. The van der Waals surface area contributed by atoms with Gasteiger partial charge < -0.3 is 15.2 Å². The largest absolute Gasteiger partial charge is 0.489 e. The number of aryl methyl sites for hydroxylation is 1. The Kier molecular flexibility index (Phi) is 7.48. The number of aliphatic hydroxyl groups excluding tert-OH is 1. The third kappa shape index (κ3) is 5.85. The summed E-state index contributed by atoms with van der Waals surface area (Å²) in [4.78, 5) is 8.60. The van der Waals surface area contributed by atoms with Gasteiger partial charge >= 0.3 is 0 Å². The lowest BCUT2D eigenvalue weighted by atomic mass is 9.97. The quantitative estimate of drug-likeness (QED) is 0.223. The number of hydrogen-bond donors (Lipinski definition) is 3. The van der Waals surface area contributed by atoms with Crippen LogP contribution in [0.1, 0.15) is 23.7 Å². The molecule has 3 aromatic carbocycles. The summed E-state index contributed by atoms with van der Waals surface area (Å²) >= 11 is 1.31. The molecule has 0 aliphatic carbocycles. The molecular weight excluding hydrogens is 544 g/mol. The van der Waals surface area contributed by atoms with Gasteiger partial charge in [-0.05, 0) is 72.0 Å². The maximum Gasteiger partial charge on any atom is 0.263 e. The summed E-state index contributed by atoms with van der Waals surface area (Å²) in [7, 11) is -3.76. The topological polar surface area (TPSA) is 113 Å². The summed E-state index contributed by atoms with van der Waals surface area (Å²) < 4.78 is 35.6. The van der Waals surface area contributed by atoms with Crippen LogP contribution in [0, 0.1) is 0 Å². The fourth-order valence-corrected chi connectivity index (χ4v) is 6.86. The van der Waals surface area contributed by atoms with Crippen LogP contribution in [-0.2, 0) is 16.4 Å². The second-order valence-electron chi connectivity index (χ2n) is 9.68. The zero-order valence-corrected chi connectivity index (χ0v) is 23.2. The van der Waals surface area contributed by atoms with E-state index in [9.17, 15) is 13.5 Å². The lowest BCUT2D eigenvalue weighted by molar-refractivity contribution is 0.146. The van der Waals surface area contributed by atoms with Crippen LogP contribution in [0.3, 0.4) is 0 Å². The smallest absolute Gasteiger partial charge is 0.263 e. The zero-order chi connectivity index (χ0) is 27.5. The van der Waals surface area contributed by atoms with Crippen molar-refractivity contribution >= 4 is 36.7 Å².